The minimum Gasteiger partial charge on any atom is -0.401 e. The van der Waals surface area contributed by atoms with Crippen LogP contribution in [0.15, 0.2) is 10.6 Å². The smallest absolute Gasteiger partial charge is 0.394 e. The fraction of sp³-hybridized carbons (Fsp3) is 0.714. The minimum atomic E-state index is -4.67. The van der Waals surface area contributed by atoms with Gasteiger partial charge in [-0.3, -0.25) is 9.11 Å². The molecule has 0 aromatic rings. The molecule has 10 nitrogen and oxygen atoms in total. The van der Waals surface area contributed by atoms with Crippen molar-refractivity contribution < 1.29 is 39.5 Å². The molecule has 0 saturated heterocycles. The molecule has 13 heteroatoms. The van der Waals surface area contributed by atoms with Crippen molar-refractivity contribution in [2.75, 3.05) is 12.4 Å². The van der Waals surface area contributed by atoms with Crippen LogP contribution in [0.25, 0.3) is 0 Å². The lowest BCUT2D eigenvalue weighted by Crippen LogP contribution is -2.23. The van der Waals surface area contributed by atoms with E-state index in [9.17, 15) is 16.8 Å². The van der Waals surface area contributed by atoms with Crippen LogP contribution in [0.5, 0.6) is 0 Å². The van der Waals surface area contributed by atoms with Crippen molar-refractivity contribution in [3.8, 4) is 0 Å². The van der Waals surface area contributed by atoms with Gasteiger partial charge < -0.3 is 10.8 Å². The van der Waals surface area contributed by atoms with E-state index in [-0.39, 0.29) is 17.0 Å². The second kappa shape index (κ2) is 7.90. The standard InChI is InChI=1S/C7H15NO5S2.H2O4S/c1-3-7(8)6(2)15(12,13)14(10,11)5-4-9;1-5(2,3)4/h9H,3-5,8H2,1-2H3;(H2,1,2,3,4). The lowest BCUT2D eigenvalue weighted by atomic mass is 10.3. The van der Waals surface area contributed by atoms with E-state index >= 15 is 0 Å². The van der Waals surface area contributed by atoms with Crippen LogP contribution in [0.3, 0.4) is 0 Å². The van der Waals surface area contributed by atoms with Crippen LogP contribution < -0.4 is 5.73 Å². The predicted molar refractivity (Wildman–Crippen MR) is 71.1 cm³/mol. The summed E-state index contributed by atoms with van der Waals surface area (Å²) in [4.78, 5) is -0.363. The molecule has 0 fully saturated rings. The first-order valence-electron chi connectivity index (χ1n) is 4.94. The lowest BCUT2D eigenvalue weighted by molar-refractivity contribution is 0.320. The van der Waals surface area contributed by atoms with E-state index in [0.717, 1.165) is 6.92 Å². The fourth-order valence-electron chi connectivity index (χ4n) is 0.821. The molecule has 0 spiro atoms. The van der Waals surface area contributed by atoms with Gasteiger partial charge in [0.2, 0.25) is 0 Å². The summed E-state index contributed by atoms with van der Waals surface area (Å²) in [6.45, 7) is 2.02. The average Bonchev–Trinajstić information content (AvgIpc) is 2.24. The summed E-state index contributed by atoms with van der Waals surface area (Å²) in [6, 6.07) is 0. The van der Waals surface area contributed by atoms with E-state index in [2.05, 4.69) is 0 Å². The first kappa shape index (κ1) is 21.6. The van der Waals surface area contributed by atoms with Crippen molar-refractivity contribution in [3.05, 3.63) is 10.6 Å². The Kier molecular flexibility index (Phi) is 8.51. The SMILES string of the molecule is CCC(N)=C(C)S(=O)(=O)S(=O)(=O)CCO.O=S(=O)(O)O. The Bertz CT molecular complexity index is 634. The lowest BCUT2D eigenvalue weighted by Gasteiger charge is -2.07. The van der Waals surface area contributed by atoms with Crippen LogP contribution in [-0.2, 0) is 28.1 Å². The zero-order chi connectivity index (χ0) is 16.8. The second-order valence-corrected chi connectivity index (χ2v) is 10.1. The monoisotopic (exact) mass is 355 g/mol. The summed E-state index contributed by atoms with van der Waals surface area (Å²) in [7, 11) is -13.5. The highest BCUT2D eigenvalue weighted by Gasteiger charge is 2.32. The van der Waals surface area contributed by atoms with Crippen molar-refractivity contribution >= 4 is 28.1 Å². The van der Waals surface area contributed by atoms with Gasteiger partial charge in [-0.25, -0.2) is 16.8 Å². The predicted octanol–water partition coefficient (Wildman–Crippen LogP) is -1.33. The highest BCUT2D eigenvalue weighted by Crippen LogP contribution is 2.18. The van der Waals surface area contributed by atoms with Gasteiger partial charge >= 0.3 is 10.4 Å². The average molecular weight is 355 g/mol. The zero-order valence-electron chi connectivity index (χ0n) is 10.7. The zero-order valence-corrected chi connectivity index (χ0v) is 13.2. The van der Waals surface area contributed by atoms with E-state index in [1.807, 2.05) is 0 Å². The van der Waals surface area contributed by atoms with Crippen LogP contribution in [0, 0.1) is 0 Å². The van der Waals surface area contributed by atoms with Gasteiger partial charge in [0.05, 0.1) is 17.3 Å². The third kappa shape index (κ3) is 7.76. The number of aliphatic hydroxyl groups excluding tert-OH is 1. The van der Waals surface area contributed by atoms with Crippen LogP contribution in [-0.4, -0.2) is 51.8 Å². The van der Waals surface area contributed by atoms with Crippen LogP contribution >= 0.6 is 0 Å². The number of rotatable bonds is 5. The Hall–Kier alpha value is -0.730. The second-order valence-electron chi connectivity index (χ2n) is 3.32. The summed E-state index contributed by atoms with van der Waals surface area (Å²) >= 11 is 0. The van der Waals surface area contributed by atoms with Gasteiger partial charge in [0.25, 0.3) is 17.7 Å². The van der Waals surface area contributed by atoms with E-state index in [1.54, 1.807) is 6.92 Å². The molecule has 0 aliphatic carbocycles. The van der Waals surface area contributed by atoms with Crippen LogP contribution in [0.2, 0.25) is 0 Å². The topological polar surface area (TPSA) is 189 Å². The summed E-state index contributed by atoms with van der Waals surface area (Å²) in [5, 5.41) is 8.45. The largest absolute Gasteiger partial charge is 0.401 e. The van der Waals surface area contributed by atoms with E-state index in [1.165, 1.54) is 0 Å². The Morgan fingerprint density at radius 3 is 1.65 bits per heavy atom. The van der Waals surface area contributed by atoms with Gasteiger partial charge in [0.15, 0.2) is 0 Å². The van der Waals surface area contributed by atoms with Gasteiger partial charge in [-0.15, -0.1) is 0 Å². The highest BCUT2D eigenvalue weighted by atomic mass is 33.2. The third-order valence-corrected chi connectivity index (χ3v) is 7.50. The molecule has 0 aliphatic heterocycles. The maximum atomic E-state index is 11.5. The van der Waals surface area contributed by atoms with Gasteiger partial charge in [-0.1, -0.05) is 6.92 Å². The molecule has 0 unspecified atom stereocenters. The minimum absolute atomic E-state index is 0.0107. The third-order valence-electron chi connectivity index (χ3n) is 1.88. The number of aliphatic hydroxyl groups is 1. The van der Waals surface area contributed by atoms with Crippen molar-refractivity contribution in [2.24, 2.45) is 5.73 Å². The fourth-order valence-corrected chi connectivity index (χ4v) is 4.46. The maximum absolute atomic E-state index is 11.5. The molecular weight excluding hydrogens is 338 g/mol. The van der Waals surface area contributed by atoms with Gasteiger partial charge in [-0.05, 0) is 13.3 Å². The van der Waals surface area contributed by atoms with E-state index in [4.69, 9.17) is 28.4 Å². The Morgan fingerprint density at radius 2 is 1.40 bits per heavy atom. The molecule has 0 rings (SSSR count). The molecular formula is C7H17NO9S3. The molecule has 0 aromatic carbocycles. The van der Waals surface area contributed by atoms with E-state index < -0.39 is 40.5 Å². The number of nitrogens with two attached hydrogens (primary N) is 1. The molecule has 122 valence electrons. The summed E-state index contributed by atoms with van der Waals surface area (Å²) < 4.78 is 77.1. The Morgan fingerprint density at radius 1 is 1.05 bits per heavy atom. The summed E-state index contributed by atoms with van der Waals surface area (Å²) in [5.41, 5.74) is 5.38. The Labute approximate surface area is 117 Å². The van der Waals surface area contributed by atoms with Gasteiger partial charge in [0, 0.05) is 5.70 Å². The van der Waals surface area contributed by atoms with Crippen molar-refractivity contribution in [2.45, 2.75) is 20.3 Å². The van der Waals surface area contributed by atoms with E-state index in [0.29, 0.717) is 0 Å². The highest BCUT2D eigenvalue weighted by molar-refractivity contribution is 8.68. The van der Waals surface area contributed by atoms with Crippen molar-refractivity contribution in [3.63, 3.8) is 0 Å². The van der Waals surface area contributed by atoms with Crippen molar-refractivity contribution in [1.29, 1.82) is 0 Å². The molecule has 0 aliphatic rings. The molecule has 0 atom stereocenters. The maximum Gasteiger partial charge on any atom is 0.394 e. The molecule has 0 saturated carbocycles. The molecule has 0 heterocycles. The molecule has 0 bridgehead atoms. The molecule has 0 amide bonds. The molecule has 5 N–H and O–H groups in total. The summed E-state index contributed by atoms with van der Waals surface area (Å²) in [5.74, 6) is -0.816. The molecule has 0 aromatic heterocycles. The van der Waals surface area contributed by atoms with Crippen LogP contribution in [0.4, 0.5) is 0 Å². The summed E-state index contributed by atoms with van der Waals surface area (Å²) in [6.07, 6.45) is 0.250. The normalized spacial score (nSPS) is 14.1. The van der Waals surface area contributed by atoms with Crippen molar-refractivity contribution in [1.82, 2.24) is 0 Å². The number of hydrogen-bond donors (Lipinski definition) is 4. The first-order chi connectivity index (χ1) is 8.70. The number of hydrogen-bond acceptors (Lipinski definition) is 8. The van der Waals surface area contributed by atoms with Gasteiger partial charge in [-0.2, -0.15) is 8.42 Å². The van der Waals surface area contributed by atoms with Gasteiger partial charge in [0.1, 0.15) is 0 Å². The number of allylic oxidation sites excluding steroid dienone is 2. The Balaban J connectivity index is 0. The first-order valence-corrected chi connectivity index (χ1v) is 9.99. The molecule has 20 heavy (non-hydrogen) atoms. The quantitative estimate of drug-likeness (QED) is 0.339. The molecule has 0 radical (unpaired) electrons. The van der Waals surface area contributed by atoms with Crippen LogP contribution in [0.1, 0.15) is 20.3 Å².